The maximum absolute atomic E-state index is 13.1. The first-order chi connectivity index (χ1) is 12.6. The zero-order valence-corrected chi connectivity index (χ0v) is 14.1. The van der Waals surface area contributed by atoms with Crippen molar-refractivity contribution >= 4 is 28.8 Å². The number of hydrogen-bond acceptors (Lipinski definition) is 3. The molecule has 1 N–H and O–H groups in total. The third-order valence-corrected chi connectivity index (χ3v) is 4.23. The van der Waals surface area contributed by atoms with Gasteiger partial charge >= 0.3 is 0 Å². The third kappa shape index (κ3) is 2.91. The number of amides is 1. The van der Waals surface area contributed by atoms with Crippen molar-refractivity contribution in [3.63, 3.8) is 0 Å². The van der Waals surface area contributed by atoms with E-state index in [0.717, 1.165) is 0 Å². The molecular weight excluding hydrogens is 355 g/mol. The molecule has 0 radical (unpaired) electrons. The summed E-state index contributed by atoms with van der Waals surface area (Å²) in [5, 5.41) is 11.5. The van der Waals surface area contributed by atoms with Crippen LogP contribution in [-0.4, -0.2) is 20.5 Å². The maximum atomic E-state index is 13.1. The van der Waals surface area contributed by atoms with Gasteiger partial charge in [0.05, 0.1) is 16.3 Å². The van der Waals surface area contributed by atoms with E-state index in [0.29, 0.717) is 33.3 Å². The molecular formula is C19H12ClFN4O. The normalized spacial score (nSPS) is 10.8. The van der Waals surface area contributed by atoms with Crippen LogP contribution in [0, 0.1) is 5.82 Å². The summed E-state index contributed by atoms with van der Waals surface area (Å²) in [5.41, 5.74) is 1.96. The average Bonchev–Trinajstić information content (AvgIpc) is 3.08. The minimum atomic E-state index is -0.346. The number of pyridine rings is 1. The number of rotatable bonds is 3. The molecule has 0 aliphatic carbocycles. The van der Waals surface area contributed by atoms with Gasteiger partial charge in [0.15, 0.2) is 11.5 Å². The second kappa shape index (κ2) is 6.57. The van der Waals surface area contributed by atoms with Gasteiger partial charge in [-0.05, 0) is 48.5 Å². The topological polar surface area (TPSA) is 59.3 Å². The summed E-state index contributed by atoms with van der Waals surface area (Å²) in [4.78, 5) is 12.7. The second-order valence-electron chi connectivity index (χ2n) is 5.58. The number of fused-ring (bicyclic) bond motifs is 1. The summed E-state index contributed by atoms with van der Waals surface area (Å²) >= 11 is 6.09. The Balaban J connectivity index is 1.74. The number of carbonyl (C=O) groups excluding carboxylic acids is 1. The Morgan fingerprint density at radius 3 is 2.54 bits per heavy atom. The van der Waals surface area contributed by atoms with Crippen LogP contribution in [0.5, 0.6) is 0 Å². The van der Waals surface area contributed by atoms with Crippen molar-refractivity contribution in [3.8, 4) is 11.4 Å². The molecule has 0 aliphatic rings. The van der Waals surface area contributed by atoms with Gasteiger partial charge in [-0.25, -0.2) is 4.39 Å². The SMILES string of the molecule is O=C(Nc1ccccc1Cl)c1cccn2c(-c3ccc(F)cc3)nnc12. The van der Waals surface area contributed by atoms with Gasteiger partial charge in [0, 0.05) is 11.8 Å². The number of carbonyl (C=O) groups is 1. The van der Waals surface area contributed by atoms with Crippen LogP contribution < -0.4 is 5.32 Å². The van der Waals surface area contributed by atoms with Gasteiger partial charge in [-0.15, -0.1) is 10.2 Å². The monoisotopic (exact) mass is 366 g/mol. The molecule has 1 amide bonds. The van der Waals surface area contributed by atoms with Crippen LogP contribution in [-0.2, 0) is 0 Å². The van der Waals surface area contributed by atoms with E-state index in [1.165, 1.54) is 12.1 Å². The van der Waals surface area contributed by atoms with Gasteiger partial charge in [0.25, 0.3) is 5.91 Å². The van der Waals surface area contributed by atoms with Crippen molar-refractivity contribution in [1.82, 2.24) is 14.6 Å². The van der Waals surface area contributed by atoms with E-state index >= 15 is 0 Å². The lowest BCUT2D eigenvalue weighted by molar-refractivity contribution is 0.102. The third-order valence-electron chi connectivity index (χ3n) is 3.90. The molecule has 0 fully saturated rings. The summed E-state index contributed by atoms with van der Waals surface area (Å²) in [6.45, 7) is 0. The Hall–Kier alpha value is -3.25. The van der Waals surface area contributed by atoms with Gasteiger partial charge in [-0.1, -0.05) is 23.7 Å². The van der Waals surface area contributed by atoms with Gasteiger partial charge in [0.2, 0.25) is 0 Å². The van der Waals surface area contributed by atoms with Crippen molar-refractivity contribution < 1.29 is 9.18 Å². The van der Waals surface area contributed by atoms with Crippen molar-refractivity contribution in [2.45, 2.75) is 0 Å². The van der Waals surface area contributed by atoms with Crippen molar-refractivity contribution in [1.29, 1.82) is 0 Å². The van der Waals surface area contributed by atoms with E-state index in [1.807, 2.05) is 0 Å². The van der Waals surface area contributed by atoms with Crippen LogP contribution in [0.25, 0.3) is 17.0 Å². The molecule has 0 aliphatic heterocycles. The van der Waals surface area contributed by atoms with Crippen LogP contribution in [0.15, 0.2) is 66.9 Å². The predicted molar refractivity (Wildman–Crippen MR) is 97.8 cm³/mol. The first kappa shape index (κ1) is 16.2. The lowest BCUT2D eigenvalue weighted by Crippen LogP contribution is -2.13. The number of benzene rings is 2. The van der Waals surface area contributed by atoms with Crippen molar-refractivity contribution in [3.05, 3.63) is 83.3 Å². The van der Waals surface area contributed by atoms with Gasteiger partial charge in [0.1, 0.15) is 5.82 Å². The van der Waals surface area contributed by atoms with E-state index in [2.05, 4.69) is 15.5 Å². The molecule has 0 saturated carbocycles. The van der Waals surface area contributed by atoms with Crippen LogP contribution in [0.1, 0.15) is 10.4 Å². The highest BCUT2D eigenvalue weighted by atomic mass is 35.5. The quantitative estimate of drug-likeness (QED) is 0.583. The maximum Gasteiger partial charge on any atom is 0.259 e. The molecule has 4 rings (SSSR count). The number of anilines is 1. The zero-order valence-electron chi connectivity index (χ0n) is 13.4. The summed E-state index contributed by atoms with van der Waals surface area (Å²) in [6.07, 6.45) is 1.75. The summed E-state index contributed by atoms with van der Waals surface area (Å²) < 4.78 is 14.8. The molecule has 0 unspecified atom stereocenters. The molecule has 2 aromatic carbocycles. The fourth-order valence-corrected chi connectivity index (χ4v) is 2.82. The number of hydrogen-bond donors (Lipinski definition) is 1. The molecule has 128 valence electrons. The number of aromatic nitrogens is 3. The Morgan fingerprint density at radius 2 is 1.77 bits per heavy atom. The number of halogens is 2. The molecule has 0 atom stereocenters. The highest BCUT2D eigenvalue weighted by Gasteiger charge is 2.16. The lowest BCUT2D eigenvalue weighted by atomic mass is 10.2. The summed E-state index contributed by atoms with van der Waals surface area (Å²) in [5.74, 6) is -0.156. The molecule has 7 heteroatoms. The predicted octanol–water partition coefficient (Wildman–Crippen LogP) is 4.44. The van der Waals surface area contributed by atoms with E-state index in [-0.39, 0.29) is 11.7 Å². The lowest BCUT2D eigenvalue weighted by Gasteiger charge is -2.08. The minimum Gasteiger partial charge on any atom is -0.321 e. The van der Waals surface area contributed by atoms with E-state index in [1.54, 1.807) is 59.1 Å². The van der Waals surface area contributed by atoms with Crippen molar-refractivity contribution in [2.75, 3.05) is 5.32 Å². The van der Waals surface area contributed by atoms with Crippen molar-refractivity contribution in [2.24, 2.45) is 0 Å². The Bertz CT molecular complexity index is 1110. The van der Waals surface area contributed by atoms with E-state index < -0.39 is 0 Å². The summed E-state index contributed by atoms with van der Waals surface area (Å²) in [6, 6.07) is 16.3. The Morgan fingerprint density at radius 1 is 1.00 bits per heavy atom. The average molecular weight is 367 g/mol. The van der Waals surface area contributed by atoms with Gasteiger partial charge < -0.3 is 5.32 Å². The molecule has 4 aromatic rings. The highest BCUT2D eigenvalue weighted by Crippen LogP contribution is 2.23. The number of nitrogens with one attached hydrogen (secondary N) is 1. The highest BCUT2D eigenvalue weighted by molar-refractivity contribution is 6.34. The second-order valence-corrected chi connectivity index (χ2v) is 5.99. The summed E-state index contributed by atoms with van der Waals surface area (Å²) in [7, 11) is 0. The molecule has 26 heavy (non-hydrogen) atoms. The van der Waals surface area contributed by atoms with Gasteiger partial charge in [-0.3, -0.25) is 9.20 Å². The number of para-hydroxylation sites is 1. The smallest absolute Gasteiger partial charge is 0.259 e. The van der Waals surface area contributed by atoms with Crippen LogP contribution >= 0.6 is 11.6 Å². The fraction of sp³-hybridized carbons (Fsp3) is 0. The Kier molecular flexibility index (Phi) is 4.10. The number of nitrogens with zero attached hydrogens (tertiary/aromatic N) is 3. The Labute approximate surface area is 153 Å². The fourth-order valence-electron chi connectivity index (χ4n) is 2.64. The molecule has 0 bridgehead atoms. The van der Waals surface area contributed by atoms with Crippen LogP contribution in [0.4, 0.5) is 10.1 Å². The first-order valence-corrected chi connectivity index (χ1v) is 8.17. The van der Waals surface area contributed by atoms with E-state index in [9.17, 15) is 9.18 Å². The standard InChI is InChI=1S/C19H12ClFN4O/c20-15-5-1-2-6-16(15)22-19(26)14-4-3-11-25-17(23-24-18(14)25)12-7-9-13(21)10-8-12/h1-11H,(H,22,26). The zero-order chi connectivity index (χ0) is 18.1. The van der Waals surface area contributed by atoms with Gasteiger partial charge in [-0.2, -0.15) is 0 Å². The first-order valence-electron chi connectivity index (χ1n) is 7.79. The van der Waals surface area contributed by atoms with Crippen LogP contribution in [0.3, 0.4) is 0 Å². The minimum absolute atomic E-state index is 0.331. The molecule has 0 spiro atoms. The van der Waals surface area contributed by atoms with E-state index in [4.69, 9.17) is 11.6 Å². The molecule has 5 nitrogen and oxygen atoms in total. The molecule has 0 saturated heterocycles. The largest absolute Gasteiger partial charge is 0.321 e. The van der Waals surface area contributed by atoms with Crippen LogP contribution in [0.2, 0.25) is 5.02 Å². The molecule has 2 heterocycles. The molecule has 2 aromatic heterocycles.